The molecule has 0 bridgehead atoms. The molecule has 11 aromatic rings. The summed E-state index contributed by atoms with van der Waals surface area (Å²) in [6, 6.07) is 55.4. The van der Waals surface area contributed by atoms with Crippen molar-refractivity contribution in [2.24, 2.45) is 0 Å². The van der Waals surface area contributed by atoms with Crippen LogP contribution in [0, 0.1) is 0 Å². The molecule has 0 aliphatic heterocycles. The lowest BCUT2D eigenvalue weighted by Crippen LogP contribution is -2.01. The molecule has 7 aromatic carbocycles. The Kier molecular flexibility index (Phi) is 6.35. The lowest BCUT2D eigenvalue weighted by atomic mass is 10.0. The van der Waals surface area contributed by atoms with Gasteiger partial charge in [0.1, 0.15) is 5.65 Å². The van der Waals surface area contributed by atoms with Gasteiger partial charge in [0.05, 0.1) is 5.52 Å². The summed E-state index contributed by atoms with van der Waals surface area (Å²) < 4.78 is 4.61. The third kappa shape index (κ3) is 4.41. The van der Waals surface area contributed by atoms with E-state index < -0.39 is 0 Å². The van der Waals surface area contributed by atoms with E-state index in [0.29, 0.717) is 17.5 Å². The summed E-state index contributed by atoms with van der Waals surface area (Å²) in [6.07, 6.45) is 1.87. The Morgan fingerprint density at radius 1 is 0.423 bits per heavy atom. The van der Waals surface area contributed by atoms with Gasteiger partial charge in [0, 0.05) is 59.5 Å². The zero-order valence-electron chi connectivity index (χ0n) is 27.7. The molecule has 0 atom stereocenters. The van der Waals surface area contributed by atoms with Crippen molar-refractivity contribution in [3.05, 3.63) is 164 Å². The first-order valence-electron chi connectivity index (χ1n) is 17.3. The van der Waals surface area contributed by atoms with Gasteiger partial charge in [0.25, 0.3) is 0 Å². The van der Waals surface area contributed by atoms with Crippen molar-refractivity contribution in [3.63, 3.8) is 0 Å². The molecule has 4 aromatic heterocycles. The second kappa shape index (κ2) is 11.4. The minimum absolute atomic E-state index is 0.656. The zero-order chi connectivity index (χ0) is 34.2. The van der Waals surface area contributed by atoms with Crippen LogP contribution in [-0.4, -0.2) is 24.5 Å². The number of benzene rings is 7. The van der Waals surface area contributed by atoms with Gasteiger partial charge in [-0.15, -0.1) is 11.3 Å². The number of thiophene rings is 1. The summed E-state index contributed by atoms with van der Waals surface area (Å²) >= 11 is 1.78. The summed E-state index contributed by atoms with van der Waals surface area (Å²) in [5, 5.41) is 9.25. The maximum Gasteiger partial charge on any atom is 0.165 e. The fourth-order valence-electron chi connectivity index (χ4n) is 7.74. The van der Waals surface area contributed by atoms with Crippen LogP contribution in [0.15, 0.2) is 164 Å². The van der Waals surface area contributed by atoms with Gasteiger partial charge < -0.3 is 0 Å². The Labute approximate surface area is 302 Å². The predicted molar refractivity (Wildman–Crippen MR) is 216 cm³/mol. The molecule has 52 heavy (non-hydrogen) atoms. The summed E-state index contributed by atoms with van der Waals surface area (Å²) in [5.41, 5.74) is 6.14. The van der Waals surface area contributed by atoms with Crippen LogP contribution >= 0.6 is 11.3 Å². The summed E-state index contributed by atoms with van der Waals surface area (Å²) in [5.74, 6) is 1.97. The van der Waals surface area contributed by atoms with Crippen molar-refractivity contribution in [1.82, 2.24) is 24.5 Å². The van der Waals surface area contributed by atoms with Crippen LogP contribution in [0.5, 0.6) is 0 Å². The van der Waals surface area contributed by atoms with Crippen LogP contribution in [-0.2, 0) is 0 Å². The molecule has 0 radical (unpaired) electrons. The molecule has 0 aliphatic rings. The van der Waals surface area contributed by atoms with Crippen molar-refractivity contribution < 1.29 is 0 Å². The molecule has 6 heteroatoms. The first-order chi connectivity index (χ1) is 25.8. The van der Waals surface area contributed by atoms with E-state index in [1.54, 1.807) is 11.3 Å². The molecular formula is C46H27N5S. The Morgan fingerprint density at radius 3 is 1.71 bits per heavy atom. The van der Waals surface area contributed by atoms with E-state index in [9.17, 15) is 0 Å². The Morgan fingerprint density at radius 2 is 0.981 bits per heavy atom. The molecule has 242 valence electrons. The number of pyridine rings is 1. The molecule has 0 fully saturated rings. The van der Waals surface area contributed by atoms with Gasteiger partial charge in [-0.05, 0) is 57.9 Å². The van der Waals surface area contributed by atoms with Gasteiger partial charge >= 0.3 is 0 Å². The van der Waals surface area contributed by atoms with Gasteiger partial charge in [0.2, 0.25) is 0 Å². The van der Waals surface area contributed by atoms with Gasteiger partial charge in [0.15, 0.2) is 17.5 Å². The second-order valence-corrected chi connectivity index (χ2v) is 14.1. The molecule has 0 unspecified atom stereocenters. The molecular weight excluding hydrogens is 655 g/mol. The standard InChI is InChI=1S/C46H27N5S/c1-3-15-31-28(11-1)13-7-19-36(31)43-48-44(37-20-8-14-29-12-2-4-16-32(29)37)50-45(49-43)39-21-9-18-35-34-25-24-30(27-41(34)52-42(35)39)51-40-23-6-5-17-33(40)38-22-10-26-47-46(38)51/h1-27H. The third-order valence-corrected chi connectivity index (χ3v) is 11.3. The third-order valence-electron chi connectivity index (χ3n) is 10.1. The molecule has 0 amide bonds. The van der Waals surface area contributed by atoms with Crippen molar-refractivity contribution in [2.45, 2.75) is 0 Å². The van der Waals surface area contributed by atoms with Gasteiger partial charge in [-0.2, -0.15) is 0 Å². The largest absolute Gasteiger partial charge is 0.294 e. The van der Waals surface area contributed by atoms with Gasteiger partial charge in [-0.3, -0.25) is 4.57 Å². The molecule has 0 aliphatic carbocycles. The minimum Gasteiger partial charge on any atom is -0.294 e. The molecule has 4 heterocycles. The van der Waals surface area contributed by atoms with E-state index in [2.05, 4.69) is 156 Å². The number of rotatable bonds is 4. The maximum atomic E-state index is 5.25. The first-order valence-corrected chi connectivity index (χ1v) is 18.1. The van der Waals surface area contributed by atoms with E-state index in [1.807, 2.05) is 12.3 Å². The molecule has 0 spiro atoms. The summed E-state index contributed by atoms with van der Waals surface area (Å²) in [7, 11) is 0. The molecule has 0 saturated carbocycles. The lowest BCUT2D eigenvalue weighted by Gasteiger charge is -2.12. The number of aromatic nitrogens is 5. The SMILES string of the molecule is c1ccc2c(-c3nc(-c4cccc5ccccc45)nc(-c4cccc5c4sc4cc(-n6c7ccccc7c7cccnc76)ccc45)n3)cccc2c1. The molecule has 5 nitrogen and oxygen atoms in total. The van der Waals surface area contributed by atoms with E-state index >= 15 is 0 Å². The normalized spacial score (nSPS) is 11.8. The predicted octanol–water partition coefficient (Wildman–Crippen LogP) is 12.0. The Bertz CT molecular complexity index is 3050. The van der Waals surface area contributed by atoms with Crippen LogP contribution in [0.4, 0.5) is 0 Å². The fourth-order valence-corrected chi connectivity index (χ4v) is 8.98. The lowest BCUT2D eigenvalue weighted by molar-refractivity contribution is 1.08. The monoisotopic (exact) mass is 681 g/mol. The number of hydrogen-bond acceptors (Lipinski definition) is 5. The highest BCUT2D eigenvalue weighted by molar-refractivity contribution is 7.26. The summed E-state index contributed by atoms with van der Waals surface area (Å²) in [6.45, 7) is 0. The number of para-hydroxylation sites is 1. The average molecular weight is 682 g/mol. The van der Waals surface area contributed by atoms with Crippen LogP contribution in [0.2, 0.25) is 0 Å². The van der Waals surface area contributed by atoms with Gasteiger partial charge in [-0.1, -0.05) is 121 Å². The number of fused-ring (bicyclic) bond motifs is 8. The maximum absolute atomic E-state index is 5.25. The fraction of sp³-hybridized carbons (Fsp3) is 0. The van der Waals surface area contributed by atoms with Gasteiger partial charge in [-0.25, -0.2) is 19.9 Å². The van der Waals surface area contributed by atoms with E-state index in [0.717, 1.165) is 65.2 Å². The zero-order valence-corrected chi connectivity index (χ0v) is 28.5. The average Bonchev–Trinajstić information content (AvgIpc) is 3.76. The Balaban J connectivity index is 1.15. The minimum atomic E-state index is 0.656. The van der Waals surface area contributed by atoms with E-state index in [-0.39, 0.29) is 0 Å². The molecule has 11 rings (SSSR count). The molecule has 0 N–H and O–H groups in total. The van der Waals surface area contributed by atoms with Crippen molar-refractivity contribution in [1.29, 1.82) is 0 Å². The van der Waals surface area contributed by atoms with Crippen molar-refractivity contribution in [2.75, 3.05) is 0 Å². The summed E-state index contributed by atoms with van der Waals surface area (Å²) in [4.78, 5) is 20.5. The van der Waals surface area contributed by atoms with Crippen LogP contribution in [0.3, 0.4) is 0 Å². The van der Waals surface area contributed by atoms with Crippen LogP contribution < -0.4 is 0 Å². The topological polar surface area (TPSA) is 56.5 Å². The van der Waals surface area contributed by atoms with Crippen LogP contribution in [0.1, 0.15) is 0 Å². The second-order valence-electron chi connectivity index (χ2n) is 13.1. The highest BCUT2D eigenvalue weighted by atomic mass is 32.1. The highest BCUT2D eigenvalue weighted by Crippen LogP contribution is 2.42. The first kappa shape index (κ1) is 29.0. The number of nitrogens with zero attached hydrogens (tertiary/aromatic N) is 5. The van der Waals surface area contributed by atoms with Crippen LogP contribution in [0.25, 0.3) is 104 Å². The smallest absolute Gasteiger partial charge is 0.165 e. The molecule has 0 saturated heterocycles. The quantitative estimate of drug-likeness (QED) is 0.185. The van der Waals surface area contributed by atoms with E-state index in [4.69, 9.17) is 19.9 Å². The highest BCUT2D eigenvalue weighted by Gasteiger charge is 2.20. The van der Waals surface area contributed by atoms with Crippen molar-refractivity contribution >= 4 is 75.0 Å². The number of hydrogen-bond donors (Lipinski definition) is 0. The van der Waals surface area contributed by atoms with E-state index in [1.165, 1.54) is 20.9 Å². The van der Waals surface area contributed by atoms with Crippen molar-refractivity contribution in [3.8, 4) is 39.9 Å². The Hall–Kier alpha value is -6.76.